The zero-order chi connectivity index (χ0) is 14.5. The highest BCUT2D eigenvalue weighted by atomic mass is 16.5. The summed E-state index contributed by atoms with van der Waals surface area (Å²) in [7, 11) is 1.43. The summed E-state index contributed by atoms with van der Waals surface area (Å²) >= 11 is 0. The Labute approximate surface area is 120 Å². The fraction of sp³-hybridized carbons (Fsp3) is 0.562. The van der Waals surface area contributed by atoms with Crippen molar-refractivity contribution in [3.05, 3.63) is 35.4 Å². The highest BCUT2D eigenvalue weighted by molar-refractivity contribution is 5.75. The number of ether oxygens (including phenoxy) is 2. The largest absolute Gasteiger partial charge is 0.468 e. The second-order valence-corrected chi connectivity index (χ2v) is 5.64. The first kappa shape index (κ1) is 15.0. The molecule has 2 rings (SSSR count). The molecule has 1 N–H and O–H groups in total. The first-order chi connectivity index (χ1) is 9.61. The maximum Gasteiger partial charge on any atom is 0.322 e. The average molecular weight is 277 g/mol. The van der Waals surface area contributed by atoms with Crippen LogP contribution in [0.4, 0.5) is 0 Å². The Hall–Kier alpha value is -1.39. The number of hydrogen-bond acceptors (Lipinski definition) is 4. The summed E-state index contributed by atoms with van der Waals surface area (Å²) in [6.45, 7) is 5.43. The topological polar surface area (TPSA) is 47.6 Å². The summed E-state index contributed by atoms with van der Waals surface area (Å²) in [4.78, 5) is 11.9. The Morgan fingerprint density at radius 1 is 1.45 bits per heavy atom. The van der Waals surface area contributed by atoms with Gasteiger partial charge in [-0.25, -0.2) is 0 Å². The number of carbonyl (C=O) groups is 1. The second kappa shape index (κ2) is 6.86. The van der Waals surface area contributed by atoms with E-state index in [4.69, 9.17) is 9.47 Å². The van der Waals surface area contributed by atoms with Crippen LogP contribution < -0.4 is 5.32 Å². The molecule has 0 aliphatic carbocycles. The van der Waals surface area contributed by atoms with Crippen molar-refractivity contribution < 1.29 is 14.3 Å². The third kappa shape index (κ3) is 3.58. The zero-order valence-corrected chi connectivity index (χ0v) is 12.4. The van der Waals surface area contributed by atoms with E-state index in [2.05, 4.69) is 31.3 Å². The Bertz CT molecular complexity index is 459. The molecule has 20 heavy (non-hydrogen) atoms. The van der Waals surface area contributed by atoms with E-state index < -0.39 is 0 Å². The van der Waals surface area contributed by atoms with Crippen molar-refractivity contribution in [1.29, 1.82) is 0 Å². The predicted octanol–water partition coefficient (Wildman–Crippen LogP) is 2.44. The molecule has 0 fully saturated rings. The molecule has 1 heterocycles. The Balaban J connectivity index is 2.13. The number of benzene rings is 1. The van der Waals surface area contributed by atoms with Gasteiger partial charge in [-0.05, 0) is 23.5 Å². The molecule has 1 aromatic carbocycles. The minimum absolute atomic E-state index is 0.0443. The highest BCUT2D eigenvalue weighted by Gasteiger charge is 2.27. The van der Waals surface area contributed by atoms with E-state index in [1.165, 1.54) is 18.2 Å². The summed E-state index contributed by atoms with van der Waals surface area (Å²) in [6, 6.07) is 7.95. The van der Waals surface area contributed by atoms with Gasteiger partial charge in [0.25, 0.3) is 0 Å². The minimum atomic E-state index is -0.292. The molecule has 0 amide bonds. The van der Waals surface area contributed by atoms with Gasteiger partial charge in [-0.15, -0.1) is 0 Å². The Morgan fingerprint density at radius 2 is 2.20 bits per heavy atom. The van der Waals surface area contributed by atoms with Crippen molar-refractivity contribution >= 4 is 5.97 Å². The Morgan fingerprint density at radius 3 is 2.90 bits per heavy atom. The van der Waals surface area contributed by atoms with Crippen LogP contribution in [-0.4, -0.2) is 25.7 Å². The van der Waals surface area contributed by atoms with Crippen LogP contribution in [0.1, 0.15) is 37.4 Å². The first-order valence-corrected chi connectivity index (χ1v) is 7.11. The molecule has 4 heteroatoms. The molecular weight excluding hydrogens is 254 g/mol. The molecule has 0 saturated heterocycles. The SMILES string of the molecule is COC(=O)C(CC(C)C)NC1COCc2ccccc21. The van der Waals surface area contributed by atoms with Crippen LogP contribution in [0, 0.1) is 5.92 Å². The van der Waals surface area contributed by atoms with Crippen molar-refractivity contribution in [2.45, 2.75) is 39.0 Å². The number of nitrogens with one attached hydrogen (secondary N) is 1. The van der Waals surface area contributed by atoms with Gasteiger partial charge in [0, 0.05) is 0 Å². The summed E-state index contributed by atoms with van der Waals surface area (Å²) in [5, 5.41) is 3.39. The normalized spacial score (nSPS) is 19.5. The van der Waals surface area contributed by atoms with Gasteiger partial charge in [-0.2, -0.15) is 0 Å². The van der Waals surface area contributed by atoms with E-state index in [9.17, 15) is 4.79 Å². The lowest BCUT2D eigenvalue weighted by atomic mass is 9.96. The van der Waals surface area contributed by atoms with Gasteiger partial charge in [0.2, 0.25) is 0 Å². The second-order valence-electron chi connectivity index (χ2n) is 5.64. The van der Waals surface area contributed by atoms with Gasteiger partial charge in [-0.3, -0.25) is 10.1 Å². The lowest BCUT2D eigenvalue weighted by molar-refractivity contribution is -0.144. The zero-order valence-electron chi connectivity index (χ0n) is 12.4. The van der Waals surface area contributed by atoms with Crippen molar-refractivity contribution in [2.75, 3.05) is 13.7 Å². The monoisotopic (exact) mass is 277 g/mol. The molecule has 2 unspecified atom stereocenters. The molecular formula is C16H23NO3. The number of fused-ring (bicyclic) bond motifs is 1. The van der Waals surface area contributed by atoms with Crippen LogP contribution in [0.5, 0.6) is 0 Å². The number of rotatable bonds is 5. The molecule has 110 valence electrons. The number of methoxy groups -OCH3 is 1. The molecule has 0 aromatic heterocycles. The molecule has 0 radical (unpaired) electrons. The van der Waals surface area contributed by atoms with Crippen molar-refractivity contribution in [1.82, 2.24) is 5.32 Å². The lowest BCUT2D eigenvalue weighted by Gasteiger charge is -2.30. The van der Waals surface area contributed by atoms with E-state index in [-0.39, 0.29) is 18.1 Å². The van der Waals surface area contributed by atoms with Crippen LogP contribution in [0.25, 0.3) is 0 Å². The number of esters is 1. The maximum atomic E-state index is 11.9. The molecule has 1 aromatic rings. The van der Waals surface area contributed by atoms with E-state index in [1.807, 2.05) is 12.1 Å². The van der Waals surface area contributed by atoms with E-state index in [0.29, 0.717) is 19.1 Å². The summed E-state index contributed by atoms with van der Waals surface area (Å²) < 4.78 is 10.5. The van der Waals surface area contributed by atoms with Gasteiger partial charge >= 0.3 is 5.97 Å². The molecule has 1 aliphatic rings. The van der Waals surface area contributed by atoms with Crippen LogP contribution in [0.3, 0.4) is 0 Å². The van der Waals surface area contributed by atoms with Gasteiger partial charge < -0.3 is 9.47 Å². The molecule has 4 nitrogen and oxygen atoms in total. The van der Waals surface area contributed by atoms with Gasteiger partial charge in [0.15, 0.2) is 0 Å². The van der Waals surface area contributed by atoms with Crippen LogP contribution in [0.15, 0.2) is 24.3 Å². The number of carbonyl (C=O) groups excluding carboxylic acids is 1. The van der Waals surface area contributed by atoms with Crippen molar-refractivity contribution in [3.8, 4) is 0 Å². The number of hydrogen-bond donors (Lipinski definition) is 1. The van der Waals surface area contributed by atoms with Gasteiger partial charge in [0.05, 0.1) is 26.4 Å². The van der Waals surface area contributed by atoms with Gasteiger partial charge in [-0.1, -0.05) is 38.1 Å². The smallest absolute Gasteiger partial charge is 0.322 e. The summed E-state index contributed by atoms with van der Waals surface area (Å²) in [6.07, 6.45) is 0.755. The highest BCUT2D eigenvalue weighted by Crippen LogP contribution is 2.25. The molecule has 0 bridgehead atoms. The quantitative estimate of drug-likeness (QED) is 0.840. The van der Waals surface area contributed by atoms with Crippen LogP contribution in [0.2, 0.25) is 0 Å². The first-order valence-electron chi connectivity index (χ1n) is 7.11. The third-order valence-corrected chi connectivity index (χ3v) is 3.57. The summed E-state index contributed by atoms with van der Waals surface area (Å²) in [5.74, 6) is 0.216. The molecule has 2 atom stereocenters. The molecule has 0 saturated carbocycles. The average Bonchev–Trinajstić information content (AvgIpc) is 2.45. The van der Waals surface area contributed by atoms with E-state index in [1.54, 1.807) is 0 Å². The van der Waals surface area contributed by atoms with Crippen molar-refractivity contribution in [3.63, 3.8) is 0 Å². The lowest BCUT2D eigenvalue weighted by Crippen LogP contribution is -2.43. The van der Waals surface area contributed by atoms with Crippen LogP contribution in [-0.2, 0) is 20.9 Å². The van der Waals surface area contributed by atoms with Gasteiger partial charge in [0.1, 0.15) is 6.04 Å². The minimum Gasteiger partial charge on any atom is -0.468 e. The fourth-order valence-corrected chi connectivity index (χ4v) is 2.61. The summed E-state index contributed by atoms with van der Waals surface area (Å²) in [5.41, 5.74) is 2.40. The predicted molar refractivity (Wildman–Crippen MR) is 77.2 cm³/mol. The maximum absolute atomic E-state index is 11.9. The van der Waals surface area contributed by atoms with E-state index >= 15 is 0 Å². The van der Waals surface area contributed by atoms with E-state index in [0.717, 1.165) is 6.42 Å². The Kier molecular flexibility index (Phi) is 5.15. The molecule has 1 aliphatic heterocycles. The standard InChI is InChI=1S/C16H23NO3/c1-11(2)8-14(16(18)19-3)17-15-10-20-9-12-6-4-5-7-13(12)15/h4-7,11,14-15,17H,8-10H2,1-3H3. The molecule has 0 spiro atoms. The third-order valence-electron chi connectivity index (χ3n) is 3.57. The fourth-order valence-electron chi connectivity index (χ4n) is 2.61. The van der Waals surface area contributed by atoms with Crippen molar-refractivity contribution in [2.24, 2.45) is 5.92 Å². The van der Waals surface area contributed by atoms with Crippen LogP contribution >= 0.6 is 0 Å².